The van der Waals surface area contributed by atoms with E-state index in [1.165, 1.54) is 11.1 Å². The molecule has 0 spiro atoms. The lowest BCUT2D eigenvalue weighted by molar-refractivity contribution is 0.196. The van der Waals surface area contributed by atoms with E-state index in [-0.39, 0.29) is 12.1 Å². The molecular formula is C14H23NO. The van der Waals surface area contributed by atoms with Gasteiger partial charge in [0.05, 0.1) is 0 Å². The largest absolute Gasteiger partial charge is 0.489 e. The second-order valence-electron chi connectivity index (χ2n) is 4.86. The van der Waals surface area contributed by atoms with Crippen molar-refractivity contribution in [3.8, 4) is 5.75 Å². The van der Waals surface area contributed by atoms with Crippen molar-refractivity contribution in [1.82, 2.24) is 0 Å². The van der Waals surface area contributed by atoms with Gasteiger partial charge in [-0.2, -0.15) is 0 Å². The normalized spacial score (nSPS) is 14.9. The molecule has 2 nitrogen and oxygen atoms in total. The zero-order chi connectivity index (χ0) is 12.3. The molecule has 0 aliphatic carbocycles. The molecule has 2 atom stereocenters. The standard InChI is InChI=1S/C14H23NO/c1-9(2)14-7-6-13(8-10(14)3)16-12(5)11(4)15/h6-9,11-12H,15H2,1-5H3/t11-,12?/m0/s1. The average molecular weight is 221 g/mol. The van der Waals surface area contributed by atoms with Crippen LogP contribution in [-0.4, -0.2) is 12.1 Å². The quantitative estimate of drug-likeness (QED) is 0.847. The maximum Gasteiger partial charge on any atom is 0.120 e. The molecule has 0 heterocycles. The molecule has 0 fully saturated rings. The Morgan fingerprint density at radius 1 is 1.12 bits per heavy atom. The Balaban J connectivity index is 2.81. The monoisotopic (exact) mass is 221 g/mol. The van der Waals surface area contributed by atoms with Gasteiger partial charge in [0.2, 0.25) is 0 Å². The summed E-state index contributed by atoms with van der Waals surface area (Å²) in [6.45, 7) is 10.5. The maximum atomic E-state index is 5.77. The van der Waals surface area contributed by atoms with Crippen LogP contribution >= 0.6 is 0 Å². The Bertz CT molecular complexity index is 345. The minimum atomic E-state index is 0.0456. The highest BCUT2D eigenvalue weighted by Crippen LogP contribution is 2.24. The summed E-state index contributed by atoms with van der Waals surface area (Å²) in [5.41, 5.74) is 8.43. The fourth-order valence-corrected chi connectivity index (χ4v) is 1.69. The summed E-state index contributed by atoms with van der Waals surface area (Å²) < 4.78 is 5.77. The maximum absolute atomic E-state index is 5.77. The van der Waals surface area contributed by atoms with E-state index in [9.17, 15) is 0 Å². The lowest BCUT2D eigenvalue weighted by Crippen LogP contribution is -2.33. The van der Waals surface area contributed by atoms with E-state index in [1.807, 2.05) is 19.9 Å². The molecule has 0 aliphatic rings. The molecule has 1 unspecified atom stereocenters. The van der Waals surface area contributed by atoms with Gasteiger partial charge in [0.25, 0.3) is 0 Å². The first-order valence-electron chi connectivity index (χ1n) is 5.94. The van der Waals surface area contributed by atoms with Crippen molar-refractivity contribution in [2.75, 3.05) is 0 Å². The number of hydrogen-bond donors (Lipinski definition) is 1. The zero-order valence-corrected chi connectivity index (χ0v) is 10.9. The van der Waals surface area contributed by atoms with Crippen molar-refractivity contribution in [3.05, 3.63) is 29.3 Å². The van der Waals surface area contributed by atoms with Crippen LogP contribution in [0.5, 0.6) is 5.75 Å². The Kier molecular flexibility index (Phi) is 4.36. The van der Waals surface area contributed by atoms with E-state index in [2.05, 4.69) is 32.9 Å². The van der Waals surface area contributed by atoms with Crippen LogP contribution in [0.15, 0.2) is 18.2 Å². The topological polar surface area (TPSA) is 35.2 Å². The predicted molar refractivity (Wildman–Crippen MR) is 69.0 cm³/mol. The van der Waals surface area contributed by atoms with E-state index in [0.29, 0.717) is 5.92 Å². The van der Waals surface area contributed by atoms with Crippen LogP contribution in [0.3, 0.4) is 0 Å². The van der Waals surface area contributed by atoms with Gasteiger partial charge in [0.15, 0.2) is 0 Å². The van der Waals surface area contributed by atoms with E-state index in [1.54, 1.807) is 0 Å². The Morgan fingerprint density at radius 2 is 1.75 bits per heavy atom. The molecule has 90 valence electrons. The van der Waals surface area contributed by atoms with Crippen LogP contribution in [0.1, 0.15) is 44.7 Å². The SMILES string of the molecule is Cc1cc(OC(C)[C@H](C)N)ccc1C(C)C. The zero-order valence-electron chi connectivity index (χ0n) is 10.9. The van der Waals surface area contributed by atoms with Crippen LogP contribution in [0.4, 0.5) is 0 Å². The first kappa shape index (κ1) is 13.0. The summed E-state index contributed by atoms with van der Waals surface area (Å²) in [6, 6.07) is 6.31. The predicted octanol–water partition coefficient (Wildman–Crippen LogP) is 3.23. The molecule has 0 aromatic heterocycles. The number of ether oxygens (including phenoxy) is 1. The molecular weight excluding hydrogens is 198 g/mol. The molecule has 16 heavy (non-hydrogen) atoms. The van der Waals surface area contributed by atoms with Crippen molar-refractivity contribution in [1.29, 1.82) is 0 Å². The first-order valence-corrected chi connectivity index (χ1v) is 5.94. The molecule has 0 aliphatic heterocycles. The number of hydrogen-bond acceptors (Lipinski definition) is 2. The molecule has 0 radical (unpaired) electrons. The smallest absolute Gasteiger partial charge is 0.120 e. The second kappa shape index (κ2) is 5.35. The fourth-order valence-electron chi connectivity index (χ4n) is 1.69. The molecule has 0 saturated carbocycles. The number of aryl methyl sites for hydroxylation is 1. The van der Waals surface area contributed by atoms with Gasteiger partial charge in [-0.15, -0.1) is 0 Å². The van der Waals surface area contributed by atoms with Crippen LogP contribution in [-0.2, 0) is 0 Å². The molecule has 0 amide bonds. The highest BCUT2D eigenvalue weighted by atomic mass is 16.5. The van der Waals surface area contributed by atoms with E-state index >= 15 is 0 Å². The van der Waals surface area contributed by atoms with Crippen molar-refractivity contribution >= 4 is 0 Å². The van der Waals surface area contributed by atoms with Gasteiger partial charge < -0.3 is 10.5 Å². The Hall–Kier alpha value is -1.02. The first-order chi connectivity index (χ1) is 7.41. The van der Waals surface area contributed by atoms with E-state index in [4.69, 9.17) is 10.5 Å². The molecule has 1 rings (SSSR count). The van der Waals surface area contributed by atoms with Crippen LogP contribution in [0, 0.1) is 6.92 Å². The highest BCUT2D eigenvalue weighted by Gasteiger charge is 2.10. The van der Waals surface area contributed by atoms with Crippen LogP contribution in [0.2, 0.25) is 0 Å². The fraction of sp³-hybridized carbons (Fsp3) is 0.571. The minimum absolute atomic E-state index is 0.0456. The third kappa shape index (κ3) is 3.24. The molecule has 0 bridgehead atoms. The van der Waals surface area contributed by atoms with Crippen molar-refractivity contribution in [2.45, 2.75) is 52.7 Å². The summed E-state index contributed by atoms with van der Waals surface area (Å²) in [7, 11) is 0. The van der Waals surface area contributed by atoms with E-state index < -0.39 is 0 Å². The Labute approximate surface area is 98.8 Å². The molecule has 1 aromatic carbocycles. The average Bonchev–Trinajstić information content (AvgIpc) is 2.16. The minimum Gasteiger partial charge on any atom is -0.489 e. The Morgan fingerprint density at radius 3 is 2.19 bits per heavy atom. The van der Waals surface area contributed by atoms with Gasteiger partial charge in [-0.05, 0) is 49.9 Å². The summed E-state index contributed by atoms with van der Waals surface area (Å²) in [5, 5.41) is 0. The highest BCUT2D eigenvalue weighted by molar-refractivity contribution is 5.36. The number of nitrogens with two attached hydrogens (primary N) is 1. The van der Waals surface area contributed by atoms with Gasteiger partial charge in [0.1, 0.15) is 11.9 Å². The van der Waals surface area contributed by atoms with Crippen molar-refractivity contribution in [3.63, 3.8) is 0 Å². The van der Waals surface area contributed by atoms with Gasteiger partial charge >= 0.3 is 0 Å². The molecule has 2 N–H and O–H groups in total. The van der Waals surface area contributed by atoms with E-state index in [0.717, 1.165) is 5.75 Å². The molecule has 1 aromatic rings. The summed E-state index contributed by atoms with van der Waals surface area (Å²) in [5.74, 6) is 1.46. The second-order valence-corrected chi connectivity index (χ2v) is 4.86. The summed E-state index contributed by atoms with van der Waals surface area (Å²) in [6.07, 6.45) is 0.0456. The summed E-state index contributed by atoms with van der Waals surface area (Å²) in [4.78, 5) is 0. The third-order valence-electron chi connectivity index (χ3n) is 2.93. The lowest BCUT2D eigenvalue weighted by Gasteiger charge is -2.19. The third-order valence-corrected chi connectivity index (χ3v) is 2.93. The number of benzene rings is 1. The van der Waals surface area contributed by atoms with Gasteiger partial charge in [-0.3, -0.25) is 0 Å². The molecule has 2 heteroatoms. The lowest BCUT2D eigenvalue weighted by atomic mass is 9.98. The number of rotatable bonds is 4. The van der Waals surface area contributed by atoms with Gasteiger partial charge in [-0.1, -0.05) is 19.9 Å². The van der Waals surface area contributed by atoms with Crippen molar-refractivity contribution < 1.29 is 4.74 Å². The summed E-state index contributed by atoms with van der Waals surface area (Å²) >= 11 is 0. The van der Waals surface area contributed by atoms with Crippen molar-refractivity contribution in [2.24, 2.45) is 5.73 Å². The van der Waals surface area contributed by atoms with Gasteiger partial charge in [-0.25, -0.2) is 0 Å². The van der Waals surface area contributed by atoms with Gasteiger partial charge in [0, 0.05) is 6.04 Å². The van der Waals surface area contributed by atoms with Crippen LogP contribution in [0.25, 0.3) is 0 Å². The van der Waals surface area contributed by atoms with Crippen LogP contribution < -0.4 is 10.5 Å². The molecule has 0 saturated heterocycles.